The minimum Gasteiger partial charge on any atom is -0.387 e. The van der Waals surface area contributed by atoms with E-state index in [1.165, 1.54) is 41.4 Å². The Morgan fingerprint density at radius 2 is 2.29 bits per heavy atom. The third kappa shape index (κ3) is 1.75. The molecule has 0 saturated carbocycles. The zero-order valence-corrected chi connectivity index (χ0v) is 10.1. The summed E-state index contributed by atoms with van der Waals surface area (Å²) < 4.78 is 0. The zero-order valence-electron chi connectivity index (χ0n) is 10.1. The maximum absolute atomic E-state index is 9.99. The van der Waals surface area contributed by atoms with Crippen molar-refractivity contribution in [1.82, 2.24) is 10.3 Å². The van der Waals surface area contributed by atoms with Gasteiger partial charge in [-0.3, -0.25) is 0 Å². The predicted molar refractivity (Wildman–Crippen MR) is 69.2 cm³/mol. The Morgan fingerprint density at radius 1 is 1.41 bits per heavy atom. The number of hydrogen-bond acceptors (Lipinski definition) is 2. The molecule has 1 aromatic heterocycles. The molecule has 2 aromatic rings. The number of H-pyrrole nitrogens is 1. The van der Waals surface area contributed by atoms with E-state index in [0.29, 0.717) is 6.54 Å². The van der Waals surface area contributed by atoms with Gasteiger partial charge in [-0.2, -0.15) is 0 Å². The molecule has 1 unspecified atom stereocenters. The number of aromatic nitrogens is 1. The van der Waals surface area contributed by atoms with E-state index < -0.39 is 6.10 Å². The SMILES string of the molecule is CNCC(O)c1ccc2[nH]c3c(c2c1)CCC3. The van der Waals surface area contributed by atoms with Crippen molar-refractivity contribution in [3.8, 4) is 0 Å². The van der Waals surface area contributed by atoms with Gasteiger partial charge in [0.25, 0.3) is 0 Å². The van der Waals surface area contributed by atoms with Gasteiger partial charge in [0, 0.05) is 23.1 Å². The van der Waals surface area contributed by atoms with Gasteiger partial charge in [-0.1, -0.05) is 6.07 Å². The minimum absolute atomic E-state index is 0.420. The zero-order chi connectivity index (χ0) is 11.8. The highest BCUT2D eigenvalue weighted by atomic mass is 16.3. The molecule has 0 aliphatic heterocycles. The standard InChI is InChI=1S/C14H18N2O/c1-15-8-14(17)9-5-6-13-11(7-9)10-3-2-4-12(10)16-13/h5-7,14-17H,2-4,8H2,1H3. The van der Waals surface area contributed by atoms with Crippen LogP contribution in [0.5, 0.6) is 0 Å². The van der Waals surface area contributed by atoms with Crippen LogP contribution in [0.4, 0.5) is 0 Å². The van der Waals surface area contributed by atoms with Crippen LogP contribution in [-0.2, 0) is 12.8 Å². The Bertz CT molecular complexity index is 544. The molecule has 0 bridgehead atoms. The molecule has 90 valence electrons. The van der Waals surface area contributed by atoms with Crippen molar-refractivity contribution in [2.75, 3.05) is 13.6 Å². The van der Waals surface area contributed by atoms with Crippen LogP contribution in [0.15, 0.2) is 18.2 Å². The number of benzene rings is 1. The summed E-state index contributed by atoms with van der Waals surface area (Å²) in [4.78, 5) is 3.48. The smallest absolute Gasteiger partial charge is 0.0914 e. The van der Waals surface area contributed by atoms with Crippen LogP contribution >= 0.6 is 0 Å². The molecule has 17 heavy (non-hydrogen) atoms. The second-order valence-corrected chi connectivity index (χ2v) is 4.81. The third-order valence-electron chi connectivity index (χ3n) is 3.65. The molecular weight excluding hydrogens is 212 g/mol. The predicted octanol–water partition coefficient (Wildman–Crippen LogP) is 1.91. The maximum atomic E-state index is 9.99. The molecule has 0 fully saturated rings. The van der Waals surface area contributed by atoms with Crippen molar-refractivity contribution >= 4 is 10.9 Å². The lowest BCUT2D eigenvalue weighted by molar-refractivity contribution is 0.178. The fourth-order valence-corrected chi connectivity index (χ4v) is 2.78. The van der Waals surface area contributed by atoms with Crippen LogP contribution in [0.3, 0.4) is 0 Å². The molecule has 1 aliphatic carbocycles. The number of likely N-dealkylation sites (N-methyl/N-ethyl adjacent to an activating group) is 1. The summed E-state index contributed by atoms with van der Waals surface area (Å²) >= 11 is 0. The Kier molecular flexibility index (Phi) is 2.65. The highest BCUT2D eigenvalue weighted by Gasteiger charge is 2.17. The first-order chi connectivity index (χ1) is 8.29. The summed E-state index contributed by atoms with van der Waals surface area (Å²) in [5, 5.41) is 14.3. The second-order valence-electron chi connectivity index (χ2n) is 4.81. The van der Waals surface area contributed by atoms with Gasteiger partial charge in [0.05, 0.1) is 6.10 Å². The van der Waals surface area contributed by atoms with E-state index in [0.717, 1.165) is 5.56 Å². The van der Waals surface area contributed by atoms with Gasteiger partial charge >= 0.3 is 0 Å². The van der Waals surface area contributed by atoms with E-state index in [2.05, 4.69) is 22.4 Å². The van der Waals surface area contributed by atoms with E-state index in [1.54, 1.807) is 0 Å². The van der Waals surface area contributed by atoms with Gasteiger partial charge < -0.3 is 15.4 Å². The molecule has 3 nitrogen and oxygen atoms in total. The van der Waals surface area contributed by atoms with Crippen LogP contribution in [-0.4, -0.2) is 23.7 Å². The number of aliphatic hydroxyl groups is 1. The Balaban J connectivity index is 2.05. The number of nitrogens with one attached hydrogen (secondary N) is 2. The molecule has 0 radical (unpaired) electrons. The van der Waals surface area contributed by atoms with Gasteiger partial charge in [-0.05, 0) is 49.6 Å². The Morgan fingerprint density at radius 3 is 3.12 bits per heavy atom. The number of hydrogen-bond donors (Lipinski definition) is 3. The van der Waals surface area contributed by atoms with E-state index in [-0.39, 0.29) is 0 Å². The quantitative estimate of drug-likeness (QED) is 0.754. The van der Waals surface area contributed by atoms with E-state index >= 15 is 0 Å². The molecule has 1 atom stereocenters. The molecule has 1 aliphatic rings. The van der Waals surface area contributed by atoms with Crippen LogP contribution < -0.4 is 5.32 Å². The summed E-state index contributed by atoms with van der Waals surface area (Å²) in [5.74, 6) is 0. The fraction of sp³-hybridized carbons (Fsp3) is 0.429. The summed E-state index contributed by atoms with van der Waals surface area (Å²) in [5.41, 5.74) is 5.05. The van der Waals surface area contributed by atoms with Crippen molar-refractivity contribution in [2.24, 2.45) is 0 Å². The first-order valence-electron chi connectivity index (χ1n) is 6.25. The molecule has 0 amide bonds. The number of aliphatic hydroxyl groups excluding tert-OH is 1. The van der Waals surface area contributed by atoms with Crippen molar-refractivity contribution in [3.05, 3.63) is 35.0 Å². The van der Waals surface area contributed by atoms with Crippen LogP contribution in [0.2, 0.25) is 0 Å². The van der Waals surface area contributed by atoms with Gasteiger partial charge in [0.1, 0.15) is 0 Å². The second kappa shape index (κ2) is 4.17. The Labute approximate surface area is 101 Å². The van der Waals surface area contributed by atoms with Gasteiger partial charge in [-0.15, -0.1) is 0 Å². The molecule has 1 aromatic carbocycles. The molecule has 3 heteroatoms. The average molecular weight is 230 g/mol. The van der Waals surface area contributed by atoms with Crippen LogP contribution in [0, 0.1) is 0 Å². The maximum Gasteiger partial charge on any atom is 0.0914 e. The van der Waals surface area contributed by atoms with E-state index in [1.807, 2.05) is 13.1 Å². The number of fused-ring (bicyclic) bond motifs is 3. The van der Waals surface area contributed by atoms with Crippen molar-refractivity contribution in [1.29, 1.82) is 0 Å². The third-order valence-corrected chi connectivity index (χ3v) is 3.65. The van der Waals surface area contributed by atoms with Gasteiger partial charge in [-0.25, -0.2) is 0 Å². The first kappa shape index (κ1) is 10.8. The molecule has 0 spiro atoms. The number of rotatable bonds is 3. The summed E-state index contributed by atoms with van der Waals surface area (Å²) in [6.07, 6.45) is 3.16. The Hall–Kier alpha value is -1.32. The van der Waals surface area contributed by atoms with E-state index in [4.69, 9.17) is 0 Å². The lowest BCUT2D eigenvalue weighted by Gasteiger charge is -2.10. The fourth-order valence-electron chi connectivity index (χ4n) is 2.78. The summed E-state index contributed by atoms with van der Waals surface area (Å²) in [6, 6.07) is 6.23. The topological polar surface area (TPSA) is 48.0 Å². The van der Waals surface area contributed by atoms with Crippen molar-refractivity contribution in [3.63, 3.8) is 0 Å². The van der Waals surface area contributed by atoms with Gasteiger partial charge in [0.2, 0.25) is 0 Å². The largest absolute Gasteiger partial charge is 0.387 e. The molecule has 0 saturated heterocycles. The van der Waals surface area contributed by atoms with E-state index in [9.17, 15) is 5.11 Å². The van der Waals surface area contributed by atoms with Crippen molar-refractivity contribution < 1.29 is 5.11 Å². The molecule has 3 N–H and O–H groups in total. The van der Waals surface area contributed by atoms with Gasteiger partial charge in [0.15, 0.2) is 0 Å². The highest BCUT2D eigenvalue weighted by molar-refractivity contribution is 5.86. The lowest BCUT2D eigenvalue weighted by atomic mass is 10.0. The lowest BCUT2D eigenvalue weighted by Crippen LogP contribution is -2.16. The number of aryl methyl sites for hydroxylation is 2. The molecule has 1 heterocycles. The van der Waals surface area contributed by atoms with Crippen molar-refractivity contribution in [2.45, 2.75) is 25.4 Å². The minimum atomic E-state index is -0.420. The number of aromatic amines is 1. The monoisotopic (exact) mass is 230 g/mol. The summed E-state index contributed by atoms with van der Waals surface area (Å²) in [7, 11) is 1.86. The average Bonchev–Trinajstić information content (AvgIpc) is 2.88. The van der Waals surface area contributed by atoms with Crippen LogP contribution in [0.25, 0.3) is 10.9 Å². The van der Waals surface area contributed by atoms with Crippen LogP contribution in [0.1, 0.15) is 29.3 Å². The highest BCUT2D eigenvalue weighted by Crippen LogP contribution is 2.31. The molecular formula is C14H18N2O. The normalized spacial score (nSPS) is 16.4. The molecule has 3 rings (SSSR count). The summed E-state index contributed by atoms with van der Waals surface area (Å²) in [6.45, 7) is 0.595. The first-order valence-corrected chi connectivity index (χ1v) is 6.25.